The van der Waals surface area contributed by atoms with Crippen LogP contribution in [0.2, 0.25) is 0 Å². The second-order valence-corrected chi connectivity index (χ2v) is 3.23. The molecule has 5 heteroatoms. The Morgan fingerprint density at radius 3 is 3.07 bits per heavy atom. The third kappa shape index (κ3) is 4.01. The number of aryl methyl sites for hydroxylation is 2. The number of hydrogen-bond acceptors (Lipinski definition) is 3. The minimum absolute atomic E-state index is 0.376. The lowest BCUT2D eigenvalue weighted by molar-refractivity contribution is 0.171. The minimum atomic E-state index is -0.376. The summed E-state index contributed by atoms with van der Waals surface area (Å²) in [5, 5.41) is 6.80. The van der Waals surface area contributed by atoms with Crippen LogP contribution in [0.25, 0.3) is 0 Å². The monoisotopic (exact) mass is 211 g/mol. The van der Waals surface area contributed by atoms with E-state index in [1.54, 1.807) is 0 Å². The van der Waals surface area contributed by atoms with Crippen molar-refractivity contribution in [3.05, 3.63) is 18.0 Å². The van der Waals surface area contributed by atoms with E-state index in [1.807, 2.05) is 17.1 Å². The fourth-order valence-electron chi connectivity index (χ4n) is 1.26. The molecule has 1 rings (SSSR count). The third-order valence-electron chi connectivity index (χ3n) is 2.11. The van der Waals surface area contributed by atoms with E-state index in [9.17, 15) is 4.79 Å². The van der Waals surface area contributed by atoms with Crippen LogP contribution in [0.1, 0.15) is 18.9 Å². The first kappa shape index (κ1) is 11.6. The summed E-state index contributed by atoms with van der Waals surface area (Å²) < 4.78 is 6.35. The number of amides is 1. The van der Waals surface area contributed by atoms with Crippen LogP contribution in [0.3, 0.4) is 0 Å². The lowest BCUT2D eigenvalue weighted by Crippen LogP contribution is -2.24. The van der Waals surface area contributed by atoms with Crippen molar-refractivity contribution in [2.75, 3.05) is 13.7 Å². The van der Waals surface area contributed by atoms with E-state index >= 15 is 0 Å². The number of nitrogens with zero attached hydrogens (tertiary/aromatic N) is 2. The molecule has 0 aliphatic rings. The van der Waals surface area contributed by atoms with E-state index < -0.39 is 0 Å². The average Bonchev–Trinajstić information content (AvgIpc) is 2.72. The second kappa shape index (κ2) is 6.06. The molecule has 0 saturated carbocycles. The van der Waals surface area contributed by atoms with Crippen molar-refractivity contribution in [2.45, 2.75) is 26.3 Å². The molecule has 1 aromatic heterocycles. The fourth-order valence-corrected chi connectivity index (χ4v) is 1.26. The van der Waals surface area contributed by atoms with Crippen LogP contribution in [0.15, 0.2) is 12.4 Å². The van der Waals surface area contributed by atoms with E-state index in [0.717, 1.165) is 19.4 Å². The zero-order valence-corrected chi connectivity index (χ0v) is 9.19. The molecule has 0 fully saturated rings. The van der Waals surface area contributed by atoms with Gasteiger partial charge >= 0.3 is 6.09 Å². The Bertz CT molecular complexity index is 309. The molecule has 1 N–H and O–H groups in total. The topological polar surface area (TPSA) is 56.2 Å². The molecule has 5 nitrogen and oxygen atoms in total. The van der Waals surface area contributed by atoms with Crippen molar-refractivity contribution in [1.82, 2.24) is 15.1 Å². The largest absolute Gasteiger partial charge is 0.453 e. The van der Waals surface area contributed by atoms with Crippen molar-refractivity contribution in [2.24, 2.45) is 0 Å². The van der Waals surface area contributed by atoms with E-state index in [-0.39, 0.29) is 6.09 Å². The van der Waals surface area contributed by atoms with E-state index in [4.69, 9.17) is 0 Å². The number of nitrogens with one attached hydrogen (secondary N) is 1. The summed E-state index contributed by atoms with van der Waals surface area (Å²) in [6, 6.07) is 0. The summed E-state index contributed by atoms with van der Waals surface area (Å²) >= 11 is 0. The highest BCUT2D eigenvalue weighted by atomic mass is 16.5. The van der Waals surface area contributed by atoms with Gasteiger partial charge in [0.2, 0.25) is 0 Å². The van der Waals surface area contributed by atoms with Crippen LogP contribution in [-0.4, -0.2) is 29.5 Å². The highest BCUT2D eigenvalue weighted by Gasteiger charge is 1.99. The molecule has 0 aromatic carbocycles. The Balaban J connectivity index is 2.17. The van der Waals surface area contributed by atoms with Crippen LogP contribution in [0.5, 0.6) is 0 Å². The van der Waals surface area contributed by atoms with Gasteiger partial charge in [-0.15, -0.1) is 0 Å². The zero-order valence-electron chi connectivity index (χ0n) is 9.19. The van der Waals surface area contributed by atoms with Gasteiger partial charge in [0, 0.05) is 19.3 Å². The van der Waals surface area contributed by atoms with Gasteiger partial charge in [0.1, 0.15) is 0 Å². The number of aromatic nitrogens is 2. The smallest absolute Gasteiger partial charge is 0.406 e. The first-order chi connectivity index (χ1) is 7.26. The molecular weight excluding hydrogens is 194 g/mol. The number of carbonyl (C=O) groups is 1. The quantitative estimate of drug-likeness (QED) is 0.744. The maximum Gasteiger partial charge on any atom is 0.406 e. The van der Waals surface area contributed by atoms with Gasteiger partial charge in [0.15, 0.2) is 0 Å². The van der Waals surface area contributed by atoms with E-state index in [0.29, 0.717) is 6.54 Å². The van der Waals surface area contributed by atoms with Crippen LogP contribution >= 0.6 is 0 Å². The highest BCUT2D eigenvalue weighted by molar-refractivity contribution is 5.66. The molecule has 0 spiro atoms. The van der Waals surface area contributed by atoms with Gasteiger partial charge in [-0.05, 0) is 25.3 Å². The lowest BCUT2D eigenvalue weighted by atomic mass is 10.2. The number of hydrogen-bond donors (Lipinski definition) is 1. The molecule has 84 valence electrons. The summed E-state index contributed by atoms with van der Waals surface area (Å²) in [6.45, 7) is 3.57. The number of carbonyl (C=O) groups excluding carboxylic acids is 1. The molecule has 0 saturated heterocycles. The molecule has 0 radical (unpaired) electrons. The van der Waals surface area contributed by atoms with Crippen molar-refractivity contribution >= 4 is 6.09 Å². The Hall–Kier alpha value is -1.52. The summed E-state index contributed by atoms with van der Waals surface area (Å²) in [7, 11) is 1.36. The molecule has 1 aromatic rings. The van der Waals surface area contributed by atoms with Gasteiger partial charge in [-0.1, -0.05) is 0 Å². The normalized spacial score (nSPS) is 10.0. The predicted molar refractivity (Wildman–Crippen MR) is 56.6 cm³/mol. The molecule has 0 aliphatic heterocycles. The van der Waals surface area contributed by atoms with Gasteiger partial charge in [-0.3, -0.25) is 4.68 Å². The first-order valence-corrected chi connectivity index (χ1v) is 5.09. The highest BCUT2D eigenvalue weighted by Crippen LogP contribution is 2.01. The van der Waals surface area contributed by atoms with Crippen LogP contribution in [0.4, 0.5) is 4.79 Å². The zero-order chi connectivity index (χ0) is 11.1. The summed E-state index contributed by atoms with van der Waals surface area (Å²) in [6.07, 6.45) is 5.33. The molecule has 0 bridgehead atoms. The number of alkyl carbamates (subject to hydrolysis) is 1. The van der Waals surface area contributed by atoms with Crippen molar-refractivity contribution in [3.8, 4) is 0 Å². The van der Waals surface area contributed by atoms with Crippen LogP contribution < -0.4 is 5.32 Å². The van der Waals surface area contributed by atoms with Gasteiger partial charge in [-0.25, -0.2) is 4.79 Å². The third-order valence-corrected chi connectivity index (χ3v) is 2.11. The maximum atomic E-state index is 10.7. The van der Waals surface area contributed by atoms with Crippen molar-refractivity contribution < 1.29 is 9.53 Å². The van der Waals surface area contributed by atoms with Crippen LogP contribution in [-0.2, 0) is 17.7 Å². The van der Waals surface area contributed by atoms with E-state index in [1.165, 1.54) is 12.7 Å². The Morgan fingerprint density at radius 2 is 2.47 bits per heavy atom. The Labute approximate surface area is 89.4 Å². The molecule has 1 heterocycles. The fraction of sp³-hybridized carbons (Fsp3) is 0.600. The number of rotatable bonds is 5. The van der Waals surface area contributed by atoms with Crippen molar-refractivity contribution in [1.29, 1.82) is 0 Å². The van der Waals surface area contributed by atoms with Gasteiger partial charge in [-0.2, -0.15) is 5.10 Å². The molecule has 1 amide bonds. The van der Waals surface area contributed by atoms with Crippen molar-refractivity contribution in [3.63, 3.8) is 0 Å². The standard InChI is InChI=1S/C10H17N3O2/c1-3-13-8-9(7-12-13)5-4-6-11-10(14)15-2/h7-8H,3-6H2,1-2H3,(H,11,14). The average molecular weight is 211 g/mol. The van der Waals surface area contributed by atoms with Crippen LogP contribution in [0, 0.1) is 0 Å². The SMILES string of the molecule is CCn1cc(CCCNC(=O)OC)cn1. The van der Waals surface area contributed by atoms with Gasteiger partial charge < -0.3 is 10.1 Å². The summed E-state index contributed by atoms with van der Waals surface area (Å²) in [4.78, 5) is 10.7. The second-order valence-electron chi connectivity index (χ2n) is 3.23. The number of methoxy groups -OCH3 is 1. The van der Waals surface area contributed by atoms with E-state index in [2.05, 4.69) is 22.1 Å². The molecule has 0 atom stereocenters. The molecule has 0 unspecified atom stereocenters. The number of ether oxygens (including phenoxy) is 1. The van der Waals surface area contributed by atoms with Gasteiger partial charge in [0.05, 0.1) is 13.3 Å². The minimum Gasteiger partial charge on any atom is -0.453 e. The first-order valence-electron chi connectivity index (χ1n) is 5.09. The maximum absolute atomic E-state index is 10.7. The lowest BCUT2D eigenvalue weighted by Gasteiger charge is -2.01. The molecule has 0 aliphatic carbocycles. The summed E-state index contributed by atoms with van der Waals surface area (Å²) in [5.74, 6) is 0. The Kier molecular flexibility index (Phi) is 4.66. The summed E-state index contributed by atoms with van der Waals surface area (Å²) in [5.41, 5.74) is 1.20. The molecule has 15 heavy (non-hydrogen) atoms. The van der Waals surface area contributed by atoms with Gasteiger partial charge in [0.25, 0.3) is 0 Å². The molecular formula is C10H17N3O2. The Morgan fingerprint density at radius 1 is 1.67 bits per heavy atom. The predicted octanol–water partition coefficient (Wildman–Crippen LogP) is 1.19.